The summed E-state index contributed by atoms with van der Waals surface area (Å²) in [5.74, 6) is 0.730. The quantitative estimate of drug-likeness (QED) is 0.566. The van der Waals surface area contributed by atoms with Gasteiger partial charge in [0.05, 0.1) is 38.2 Å². The van der Waals surface area contributed by atoms with Gasteiger partial charge in [-0.3, -0.25) is 0 Å². The maximum atomic E-state index is 11.7. The lowest BCUT2D eigenvalue weighted by atomic mass is 10.1. The number of nitrogen functional groups attached to an aromatic ring is 1. The summed E-state index contributed by atoms with van der Waals surface area (Å²) in [7, 11) is 1.35. The molecule has 0 unspecified atom stereocenters. The van der Waals surface area contributed by atoms with E-state index in [4.69, 9.17) is 19.9 Å². The Labute approximate surface area is 130 Å². The highest BCUT2D eigenvalue weighted by molar-refractivity contribution is 5.93. The van der Waals surface area contributed by atoms with Crippen LogP contribution in [0.2, 0.25) is 0 Å². The van der Waals surface area contributed by atoms with Gasteiger partial charge in [-0.25, -0.2) is 4.79 Å². The van der Waals surface area contributed by atoms with E-state index in [9.17, 15) is 4.79 Å². The molecule has 2 rings (SSSR count). The molecule has 1 aromatic carbocycles. The van der Waals surface area contributed by atoms with E-state index in [0.29, 0.717) is 29.5 Å². The summed E-state index contributed by atoms with van der Waals surface area (Å²) in [6.07, 6.45) is 1.90. The summed E-state index contributed by atoms with van der Waals surface area (Å²) in [6, 6.07) is 3.29. The number of nitrogens with two attached hydrogens (primary N) is 1. The normalized spacial score (nSPS) is 14.3. The zero-order valence-electron chi connectivity index (χ0n) is 13.2. The average Bonchev–Trinajstić information content (AvgIpc) is 2.47. The number of methoxy groups -OCH3 is 1. The molecule has 0 bridgehead atoms. The van der Waals surface area contributed by atoms with Gasteiger partial charge in [-0.1, -0.05) is 6.92 Å². The van der Waals surface area contributed by atoms with Crippen LogP contribution in [0.15, 0.2) is 12.1 Å². The van der Waals surface area contributed by atoms with Crippen molar-refractivity contribution in [3.63, 3.8) is 0 Å². The summed E-state index contributed by atoms with van der Waals surface area (Å²) >= 11 is 0. The Bertz CT molecular complexity index is 515. The number of hydrogen-bond donors (Lipinski definition) is 2. The van der Waals surface area contributed by atoms with E-state index in [0.717, 1.165) is 38.3 Å². The van der Waals surface area contributed by atoms with E-state index in [1.54, 1.807) is 12.1 Å². The zero-order chi connectivity index (χ0) is 15.9. The lowest BCUT2D eigenvalue weighted by molar-refractivity contribution is -0.0401. The fourth-order valence-electron chi connectivity index (χ4n) is 2.21. The van der Waals surface area contributed by atoms with Crippen LogP contribution in [0.5, 0.6) is 5.75 Å². The molecule has 122 valence electrons. The third-order valence-corrected chi connectivity index (χ3v) is 3.60. The van der Waals surface area contributed by atoms with E-state index in [2.05, 4.69) is 12.2 Å². The molecule has 0 radical (unpaired) electrons. The number of ether oxygens (including phenoxy) is 3. The largest absolute Gasteiger partial charge is 0.491 e. The minimum atomic E-state index is -0.425. The Morgan fingerprint density at radius 1 is 1.45 bits per heavy atom. The maximum absolute atomic E-state index is 11.7. The molecule has 1 heterocycles. The smallest absolute Gasteiger partial charge is 0.338 e. The third-order valence-electron chi connectivity index (χ3n) is 3.60. The van der Waals surface area contributed by atoms with Crippen LogP contribution in [0, 0.1) is 5.92 Å². The van der Waals surface area contributed by atoms with E-state index >= 15 is 0 Å². The van der Waals surface area contributed by atoms with Gasteiger partial charge in [0.1, 0.15) is 11.4 Å². The van der Waals surface area contributed by atoms with Gasteiger partial charge in [-0.2, -0.15) is 0 Å². The van der Waals surface area contributed by atoms with Gasteiger partial charge in [0.15, 0.2) is 0 Å². The van der Waals surface area contributed by atoms with Crippen molar-refractivity contribution in [2.45, 2.75) is 19.8 Å². The fraction of sp³-hybridized carbons (Fsp3) is 0.562. The molecule has 0 saturated carbocycles. The van der Waals surface area contributed by atoms with Gasteiger partial charge < -0.3 is 25.3 Å². The molecule has 1 fully saturated rings. The van der Waals surface area contributed by atoms with E-state index < -0.39 is 5.97 Å². The Morgan fingerprint density at radius 2 is 2.23 bits per heavy atom. The maximum Gasteiger partial charge on any atom is 0.338 e. The SMILES string of the molecule is CCCNc1c(N)cc(C(=O)OC)cc1OCCC1COC1. The zero-order valence-corrected chi connectivity index (χ0v) is 13.2. The van der Waals surface area contributed by atoms with Gasteiger partial charge in [0.2, 0.25) is 0 Å². The van der Waals surface area contributed by atoms with E-state index in [1.165, 1.54) is 7.11 Å². The first-order valence-corrected chi connectivity index (χ1v) is 7.62. The molecule has 0 aromatic heterocycles. The molecule has 0 aliphatic carbocycles. The standard InChI is InChI=1S/C16H24N2O4/c1-3-5-18-15-13(17)7-12(16(19)20-2)8-14(15)22-6-4-11-9-21-10-11/h7-8,11,18H,3-6,9-10,17H2,1-2H3. The van der Waals surface area contributed by atoms with Crippen LogP contribution in [0.25, 0.3) is 0 Å². The van der Waals surface area contributed by atoms with Gasteiger partial charge in [-0.15, -0.1) is 0 Å². The minimum absolute atomic E-state index is 0.393. The summed E-state index contributed by atoms with van der Waals surface area (Å²) in [4.78, 5) is 11.7. The number of carbonyl (C=O) groups is 1. The fourth-order valence-corrected chi connectivity index (χ4v) is 2.21. The molecule has 1 aliphatic rings. The Kier molecular flexibility index (Phi) is 5.89. The molecule has 1 aromatic rings. The summed E-state index contributed by atoms with van der Waals surface area (Å²) in [6.45, 7) is 5.03. The van der Waals surface area contributed by atoms with Crippen LogP contribution in [0.3, 0.4) is 0 Å². The van der Waals surface area contributed by atoms with Crippen molar-refractivity contribution in [3.8, 4) is 5.75 Å². The molecular formula is C16H24N2O4. The Hall–Kier alpha value is -1.95. The predicted molar refractivity (Wildman–Crippen MR) is 85.4 cm³/mol. The number of rotatable bonds is 8. The number of benzene rings is 1. The number of nitrogens with one attached hydrogen (secondary N) is 1. The first-order valence-electron chi connectivity index (χ1n) is 7.62. The lowest BCUT2D eigenvalue weighted by Crippen LogP contribution is -2.28. The van der Waals surface area contributed by atoms with Gasteiger partial charge in [0.25, 0.3) is 0 Å². The Morgan fingerprint density at radius 3 is 2.82 bits per heavy atom. The third kappa shape index (κ3) is 4.04. The molecule has 6 nitrogen and oxygen atoms in total. The average molecular weight is 308 g/mol. The van der Waals surface area contributed by atoms with Crippen molar-refractivity contribution in [2.75, 3.05) is 44.5 Å². The van der Waals surface area contributed by atoms with Crippen molar-refractivity contribution in [1.29, 1.82) is 0 Å². The second-order valence-corrected chi connectivity index (χ2v) is 5.40. The number of carbonyl (C=O) groups excluding carboxylic acids is 1. The monoisotopic (exact) mass is 308 g/mol. The van der Waals surface area contributed by atoms with Crippen LogP contribution in [-0.4, -0.2) is 39.4 Å². The van der Waals surface area contributed by atoms with Crippen LogP contribution in [0.1, 0.15) is 30.1 Å². The lowest BCUT2D eigenvalue weighted by Gasteiger charge is -2.26. The van der Waals surface area contributed by atoms with E-state index in [1.807, 2.05) is 0 Å². The first kappa shape index (κ1) is 16.4. The molecule has 0 amide bonds. The summed E-state index contributed by atoms with van der Waals surface area (Å²) in [5, 5.41) is 3.25. The molecule has 3 N–H and O–H groups in total. The number of esters is 1. The predicted octanol–water partition coefficient (Wildman–Crippen LogP) is 2.29. The Balaban J connectivity index is 2.12. The van der Waals surface area contributed by atoms with Gasteiger partial charge >= 0.3 is 5.97 Å². The highest BCUT2D eigenvalue weighted by Gasteiger charge is 2.19. The van der Waals surface area contributed by atoms with Gasteiger partial charge in [0, 0.05) is 12.5 Å². The molecular weight excluding hydrogens is 284 g/mol. The molecule has 6 heteroatoms. The van der Waals surface area contributed by atoms with Crippen LogP contribution >= 0.6 is 0 Å². The van der Waals surface area contributed by atoms with Crippen LogP contribution in [0.4, 0.5) is 11.4 Å². The molecule has 22 heavy (non-hydrogen) atoms. The summed E-state index contributed by atoms with van der Waals surface area (Å²) < 4.78 is 15.8. The van der Waals surface area contributed by atoms with Gasteiger partial charge in [-0.05, 0) is 25.0 Å². The molecule has 1 saturated heterocycles. The molecule has 0 spiro atoms. The van der Waals surface area contributed by atoms with Crippen LogP contribution in [-0.2, 0) is 9.47 Å². The molecule has 1 aliphatic heterocycles. The van der Waals surface area contributed by atoms with Crippen molar-refractivity contribution in [2.24, 2.45) is 5.92 Å². The van der Waals surface area contributed by atoms with Crippen molar-refractivity contribution in [3.05, 3.63) is 17.7 Å². The van der Waals surface area contributed by atoms with Crippen molar-refractivity contribution in [1.82, 2.24) is 0 Å². The summed E-state index contributed by atoms with van der Waals surface area (Å²) in [5.41, 5.74) is 7.67. The van der Waals surface area contributed by atoms with Crippen molar-refractivity contribution < 1.29 is 19.0 Å². The van der Waals surface area contributed by atoms with Crippen molar-refractivity contribution >= 4 is 17.3 Å². The number of hydrogen-bond acceptors (Lipinski definition) is 6. The highest BCUT2D eigenvalue weighted by Crippen LogP contribution is 2.33. The second-order valence-electron chi connectivity index (χ2n) is 5.40. The van der Waals surface area contributed by atoms with E-state index in [-0.39, 0.29) is 0 Å². The number of anilines is 2. The minimum Gasteiger partial charge on any atom is -0.491 e. The highest BCUT2D eigenvalue weighted by atomic mass is 16.5. The topological polar surface area (TPSA) is 82.8 Å². The first-order chi connectivity index (χ1) is 10.7. The molecule has 0 atom stereocenters. The van der Waals surface area contributed by atoms with Crippen LogP contribution < -0.4 is 15.8 Å². The second kappa shape index (κ2) is 7.89.